The van der Waals surface area contributed by atoms with Crippen molar-refractivity contribution in [3.8, 4) is 0 Å². The van der Waals surface area contributed by atoms with Gasteiger partial charge in [-0.3, -0.25) is 4.79 Å². The van der Waals surface area contributed by atoms with Crippen molar-refractivity contribution < 1.29 is 20.5 Å². The molecule has 0 saturated heterocycles. The summed E-state index contributed by atoms with van der Waals surface area (Å²) in [7, 11) is 0. The first-order chi connectivity index (χ1) is 21.3. The normalized spacial score (nSPS) is 16.7. The van der Waals surface area contributed by atoms with Gasteiger partial charge in [-0.15, -0.1) is 0 Å². The quantitative estimate of drug-likeness (QED) is 0.173. The number of aromatic nitrogens is 1. The number of thioether (sulfide) groups is 1. The van der Waals surface area contributed by atoms with E-state index in [1.165, 1.54) is 13.8 Å². The number of hydrogen-bond acceptors (Lipinski definition) is 4. The third-order valence-corrected chi connectivity index (χ3v) is 9.44. The minimum atomic E-state index is -1.46. The molecule has 1 aromatic heterocycles. The molecule has 1 fully saturated rings. The van der Waals surface area contributed by atoms with Crippen LogP contribution in [0.2, 0.25) is 5.02 Å². The molecule has 1 aliphatic rings. The van der Waals surface area contributed by atoms with E-state index in [9.17, 15) is 15.0 Å². The summed E-state index contributed by atoms with van der Waals surface area (Å²) in [6.07, 6.45) is 6.69. The molecular weight excluding hydrogens is 550 g/mol. The molecule has 41 heavy (non-hydrogen) atoms. The van der Waals surface area contributed by atoms with Crippen LogP contribution in [0, 0.1) is 5.41 Å². The zero-order valence-electron chi connectivity index (χ0n) is 27.2. The van der Waals surface area contributed by atoms with Crippen molar-refractivity contribution >= 4 is 52.4 Å². The predicted octanol–water partition coefficient (Wildman–Crippen LogP) is 8.95. The lowest BCUT2D eigenvalue weighted by atomic mass is 9.90. The summed E-state index contributed by atoms with van der Waals surface area (Å²) in [5.41, 5.74) is 2.56. The molecule has 0 bridgehead atoms. The number of benzene rings is 3. The van der Waals surface area contributed by atoms with Gasteiger partial charge in [0.2, 0.25) is 0 Å². The van der Waals surface area contributed by atoms with Gasteiger partial charge in [-0.1, -0.05) is 78.2 Å². The largest absolute Gasteiger partial charge is 0.481 e. The Morgan fingerprint density at radius 1 is 1.15 bits per heavy atom. The smallest absolute Gasteiger partial charge is 0.303 e. The van der Waals surface area contributed by atoms with E-state index >= 15 is 0 Å². The van der Waals surface area contributed by atoms with Gasteiger partial charge in [-0.25, -0.2) is 4.98 Å². The van der Waals surface area contributed by atoms with E-state index in [-0.39, 0.29) is 46.8 Å². The summed E-state index contributed by atoms with van der Waals surface area (Å²) in [6, 6.07) is 16.7. The number of nitrogens with zero attached hydrogens (tertiary/aromatic N) is 1. The van der Waals surface area contributed by atoms with Crippen molar-refractivity contribution in [2.75, 3.05) is 5.75 Å². The average Bonchev–Trinajstić information content (AvgIpc) is 3.75. The van der Waals surface area contributed by atoms with Gasteiger partial charge in [0.25, 0.3) is 0 Å². The fourth-order valence-corrected chi connectivity index (χ4v) is 6.80. The predicted molar refractivity (Wildman–Crippen MR) is 171 cm³/mol. The Bertz CT molecular complexity index is 1790. The van der Waals surface area contributed by atoms with Crippen molar-refractivity contribution in [1.29, 1.82) is 0 Å². The van der Waals surface area contributed by atoms with Crippen LogP contribution in [0.25, 0.3) is 23.1 Å². The number of aliphatic carboxylic acids is 1. The summed E-state index contributed by atoms with van der Waals surface area (Å²) in [6.45, 7) is 3.08. The molecule has 1 aliphatic carbocycles. The highest BCUT2D eigenvalue weighted by molar-refractivity contribution is 7.99. The number of pyridine rings is 1. The van der Waals surface area contributed by atoms with Crippen LogP contribution in [0.5, 0.6) is 0 Å². The first-order valence-corrected chi connectivity index (χ1v) is 15.2. The molecule has 2 N–H and O–H groups in total. The lowest BCUT2D eigenvalue weighted by Crippen LogP contribution is -2.18. The van der Waals surface area contributed by atoms with Crippen molar-refractivity contribution in [2.45, 2.75) is 56.8 Å². The Kier molecular flexibility index (Phi) is 7.40. The minimum Gasteiger partial charge on any atom is -0.481 e. The fourth-order valence-electron chi connectivity index (χ4n) is 5.06. The molecule has 3 aromatic carbocycles. The maximum atomic E-state index is 11.5. The Morgan fingerprint density at radius 3 is 2.68 bits per heavy atom. The third-order valence-electron chi connectivity index (χ3n) is 7.51. The fraction of sp³-hybridized carbons (Fsp3) is 0.314. The number of fused-ring (bicyclic) bond motifs is 1. The van der Waals surface area contributed by atoms with Crippen LogP contribution >= 0.6 is 23.4 Å². The zero-order valence-corrected chi connectivity index (χ0v) is 24.8. The van der Waals surface area contributed by atoms with Crippen molar-refractivity contribution in [3.05, 3.63) is 112 Å². The number of carbonyl (C=O) groups is 1. The number of hydrogen-bond donors (Lipinski definition) is 2. The first kappa shape index (κ1) is 24.5. The lowest BCUT2D eigenvalue weighted by molar-refractivity contribution is -0.138. The Morgan fingerprint density at radius 2 is 1.93 bits per heavy atom. The second kappa shape index (κ2) is 12.4. The van der Waals surface area contributed by atoms with Crippen LogP contribution in [0.15, 0.2) is 78.8 Å². The topological polar surface area (TPSA) is 70.4 Å². The summed E-state index contributed by atoms with van der Waals surface area (Å²) in [5.74, 6) is -0.116. The zero-order chi connectivity index (χ0) is 32.5. The van der Waals surface area contributed by atoms with E-state index < -0.39 is 11.6 Å². The Hall–Kier alpha value is -3.12. The number of aliphatic hydroxyl groups is 1. The molecule has 5 rings (SSSR count). The van der Waals surface area contributed by atoms with E-state index in [1.807, 2.05) is 60.7 Å². The van der Waals surface area contributed by atoms with Crippen LogP contribution < -0.4 is 0 Å². The van der Waals surface area contributed by atoms with Crippen LogP contribution in [-0.2, 0) is 16.8 Å². The summed E-state index contributed by atoms with van der Waals surface area (Å²) < 4.78 is 33.5. The molecule has 0 unspecified atom stereocenters. The SMILES string of the molecule is [2H]c1c([2H])c([2H])c(C(C)(C)O)c(CC[C@@H](SCC2(CC(=O)O)CC2)c2cccc(/C=C/c3ccc4ccc(Cl)cc4n3)c2)c1[2H]. The minimum absolute atomic E-state index is 0.0707. The lowest BCUT2D eigenvalue weighted by Gasteiger charge is -2.24. The van der Waals surface area contributed by atoms with E-state index in [0.29, 0.717) is 29.2 Å². The standard InChI is InChI=1S/C35H36ClNO3S/c1-34(2,40)30-9-4-3-7-25(30)13-17-32(41-23-35(18-19-35)22-33(38)39)27-8-5-6-24(20-27)10-15-29-16-12-26-11-14-28(36)21-31(26)37-29/h3-12,14-16,20-21,32,40H,13,17-19,22-23H2,1-2H3,(H,38,39)/b15-10+/t32-/m1/s1/i3D,4D,7D,9D. The van der Waals surface area contributed by atoms with E-state index in [4.69, 9.17) is 22.1 Å². The highest BCUT2D eigenvalue weighted by atomic mass is 35.5. The molecular formula is C35H36ClNO3S. The van der Waals surface area contributed by atoms with Crippen LogP contribution in [0.3, 0.4) is 0 Å². The molecule has 1 saturated carbocycles. The molecule has 1 atom stereocenters. The van der Waals surface area contributed by atoms with Gasteiger partial charge in [0.15, 0.2) is 0 Å². The molecule has 4 aromatic rings. The second-order valence-corrected chi connectivity index (χ2v) is 13.0. The number of carboxylic acids is 1. The van der Waals surface area contributed by atoms with Gasteiger partial charge < -0.3 is 10.2 Å². The van der Waals surface area contributed by atoms with Gasteiger partial charge in [-0.05, 0) is 91.5 Å². The number of rotatable bonds is 12. The molecule has 0 amide bonds. The van der Waals surface area contributed by atoms with Crippen LogP contribution in [0.4, 0.5) is 0 Å². The number of carboxylic acid groups (broad SMARTS) is 1. The van der Waals surface area contributed by atoms with Gasteiger partial charge >= 0.3 is 5.97 Å². The second-order valence-electron chi connectivity index (χ2n) is 11.4. The maximum absolute atomic E-state index is 11.5. The average molecular weight is 590 g/mol. The molecule has 0 radical (unpaired) electrons. The van der Waals surface area contributed by atoms with Crippen molar-refractivity contribution in [2.24, 2.45) is 5.41 Å². The van der Waals surface area contributed by atoms with E-state index in [2.05, 4.69) is 6.07 Å². The Balaban J connectivity index is 1.44. The Labute approximate surface area is 257 Å². The first-order valence-electron chi connectivity index (χ1n) is 15.8. The van der Waals surface area contributed by atoms with Crippen molar-refractivity contribution in [3.63, 3.8) is 0 Å². The molecule has 212 valence electrons. The monoisotopic (exact) mass is 589 g/mol. The van der Waals surface area contributed by atoms with Gasteiger partial charge in [-0.2, -0.15) is 11.8 Å². The van der Waals surface area contributed by atoms with Crippen LogP contribution in [-0.4, -0.2) is 26.9 Å². The number of halogens is 1. The van der Waals surface area contributed by atoms with Gasteiger partial charge in [0, 0.05) is 21.4 Å². The molecule has 0 spiro atoms. The molecule has 0 aliphatic heterocycles. The van der Waals surface area contributed by atoms with Crippen molar-refractivity contribution in [1.82, 2.24) is 4.98 Å². The highest BCUT2D eigenvalue weighted by Crippen LogP contribution is 2.53. The van der Waals surface area contributed by atoms with Gasteiger partial charge in [0.1, 0.15) is 0 Å². The van der Waals surface area contributed by atoms with E-state index in [0.717, 1.165) is 40.6 Å². The molecule has 6 heteroatoms. The van der Waals surface area contributed by atoms with Crippen LogP contribution in [0.1, 0.15) is 78.2 Å². The summed E-state index contributed by atoms with van der Waals surface area (Å²) in [5, 5.41) is 21.9. The molecule has 4 nitrogen and oxygen atoms in total. The highest BCUT2D eigenvalue weighted by Gasteiger charge is 2.44. The summed E-state index contributed by atoms with van der Waals surface area (Å²) >= 11 is 7.86. The third kappa shape index (κ3) is 7.79. The maximum Gasteiger partial charge on any atom is 0.303 e. The van der Waals surface area contributed by atoms with E-state index in [1.54, 1.807) is 11.8 Å². The van der Waals surface area contributed by atoms with Gasteiger partial charge in [0.05, 0.1) is 28.7 Å². The summed E-state index contributed by atoms with van der Waals surface area (Å²) in [4.78, 5) is 16.2. The molecule has 1 heterocycles.